The second-order valence-corrected chi connectivity index (χ2v) is 2.67. The summed E-state index contributed by atoms with van der Waals surface area (Å²) in [5.41, 5.74) is -2.02. The molecule has 7 heteroatoms. The molecular formula is C8H3F7. The van der Waals surface area contributed by atoms with E-state index in [0.717, 1.165) is 0 Å². The minimum Gasteiger partial charge on any atom is -0.204 e. The first-order chi connectivity index (χ1) is 6.68. The predicted octanol–water partition coefficient (Wildman–Crippen LogP) is 3.62. The first-order valence-electron chi connectivity index (χ1n) is 3.57. The van der Waals surface area contributed by atoms with E-state index in [1.807, 2.05) is 0 Å². The Labute approximate surface area is 79.3 Å². The Hall–Kier alpha value is -1.27. The molecule has 0 aromatic heterocycles. The van der Waals surface area contributed by atoms with Crippen molar-refractivity contribution in [3.05, 3.63) is 35.4 Å². The summed E-state index contributed by atoms with van der Waals surface area (Å²) in [7, 11) is 0. The zero-order valence-corrected chi connectivity index (χ0v) is 6.88. The van der Waals surface area contributed by atoms with Crippen LogP contribution in [-0.2, 0) is 5.92 Å². The lowest BCUT2D eigenvalue weighted by Crippen LogP contribution is -2.34. The van der Waals surface area contributed by atoms with Gasteiger partial charge in [-0.05, 0) is 12.1 Å². The smallest absolute Gasteiger partial charge is 0.204 e. The van der Waals surface area contributed by atoms with Crippen molar-refractivity contribution in [2.24, 2.45) is 0 Å². The van der Waals surface area contributed by atoms with Crippen LogP contribution in [0.2, 0.25) is 0 Å². The number of hydrogen-bond acceptors (Lipinski definition) is 0. The molecular weight excluding hydrogens is 229 g/mol. The third-order valence-corrected chi connectivity index (χ3v) is 1.65. The van der Waals surface area contributed by atoms with Crippen molar-refractivity contribution < 1.29 is 30.7 Å². The molecule has 0 aliphatic rings. The van der Waals surface area contributed by atoms with Crippen molar-refractivity contribution in [2.45, 2.75) is 12.1 Å². The van der Waals surface area contributed by atoms with Gasteiger partial charge in [0.05, 0.1) is 5.56 Å². The van der Waals surface area contributed by atoms with Crippen LogP contribution in [0.3, 0.4) is 0 Å². The molecule has 0 heterocycles. The molecule has 0 fully saturated rings. The Kier molecular flexibility index (Phi) is 2.67. The zero-order valence-electron chi connectivity index (χ0n) is 6.88. The number of halogens is 7. The second kappa shape index (κ2) is 3.39. The molecule has 1 aromatic carbocycles. The molecule has 0 bridgehead atoms. The molecule has 0 radical (unpaired) electrons. The quantitative estimate of drug-likeness (QED) is 0.648. The van der Waals surface area contributed by atoms with E-state index in [4.69, 9.17) is 0 Å². The normalized spacial score (nSPS) is 13.0. The average molecular weight is 232 g/mol. The number of alkyl halides is 5. The van der Waals surface area contributed by atoms with Gasteiger partial charge in [0.25, 0.3) is 0 Å². The number of benzene rings is 1. The molecule has 84 valence electrons. The third kappa shape index (κ3) is 1.91. The fourth-order valence-corrected chi connectivity index (χ4v) is 0.899. The standard InChI is InChI=1S/C8H3F7/c9-5-3-1-2-4(6(5)10)7(11,12)8(13,14)15/h1-3H. The van der Waals surface area contributed by atoms with E-state index < -0.39 is 29.3 Å². The Bertz CT molecular complexity index is 366. The molecule has 0 unspecified atom stereocenters. The van der Waals surface area contributed by atoms with E-state index >= 15 is 0 Å². The summed E-state index contributed by atoms with van der Waals surface area (Å²) in [6.45, 7) is 0. The fourth-order valence-electron chi connectivity index (χ4n) is 0.899. The van der Waals surface area contributed by atoms with Gasteiger partial charge in [0.15, 0.2) is 11.6 Å². The maximum atomic E-state index is 12.7. The van der Waals surface area contributed by atoms with Crippen LogP contribution in [0.4, 0.5) is 30.7 Å². The van der Waals surface area contributed by atoms with Crippen LogP contribution < -0.4 is 0 Å². The summed E-state index contributed by atoms with van der Waals surface area (Å²) in [5.74, 6) is -9.35. The van der Waals surface area contributed by atoms with Gasteiger partial charge in [0.2, 0.25) is 0 Å². The van der Waals surface area contributed by atoms with Crippen molar-refractivity contribution in [2.75, 3.05) is 0 Å². The van der Waals surface area contributed by atoms with E-state index in [1.165, 1.54) is 0 Å². The molecule has 0 aliphatic carbocycles. The molecule has 0 amide bonds. The SMILES string of the molecule is Fc1cccc(C(F)(F)C(F)(F)F)c1F. The molecule has 15 heavy (non-hydrogen) atoms. The molecule has 1 aromatic rings. The fraction of sp³-hybridized carbons (Fsp3) is 0.250. The van der Waals surface area contributed by atoms with Crippen LogP contribution in [-0.4, -0.2) is 6.18 Å². The van der Waals surface area contributed by atoms with Gasteiger partial charge in [-0.25, -0.2) is 8.78 Å². The first-order valence-corrected chi connectivity index (χ1v) is 3.57. The molecule has 0 nitrogen and oxygen atoms in total. The molecule has 0 spiro atoms. The van der Waals surface area contributed by atoms with Gasteiger partial charge >= 0.3 is 12.1 Å². The number of rotatable bonds is 1. The van der Waals surface area contributed by atoms with Crippen LogP contribution in [0.1, 0.15) is 5.56 Å². The molecule has 0 saturated carbocycles. The van der Waals surface area contributed by atoms with Crippen molar-refractivity contribution >= 4 is 0 Å². The van der Waals surface area contributed by atoms with Crippen LogP contribution in [0.5, 0.6) is 0 Å². The van der Waals surface area contributed by atoms with E-state index in [2.05, 4.69) is 0 Å². The summed E-state index contributed by atoms with van der Waals surface area (Å²) < 4.78 is 85.6. The van der Waals surface area contributed by atoms with Gasteiger partial charge in [-0.1, -0.05) is 6.07 Å². The zero-order chi connectivity index (χ0) is 11.9. The first kappa shape index (κ1) is 11.8. The Balaban J connectivity index is 3.34. The van der Waals surface area contributed by atoms with Gasteiger partial charge in [-0.2, -0.15) is 22.0 Å². The van der Waals surface area contributed by atoms with Crippen molar-refractivity contribution in [1.82, 2.24) is 0 Å². The van der Waals surface area contributed by atoms with Crippen molar-refractivity contribution in [3.63, 3.8) is 0 Å². The Morgan fingerprint density at radius 3 is 1.87 bits per heavy atom. The molecule has 0 aliphatic heterocycles. The lowest BCUT2D eigenvalue weighted by Gasteiger charge is -2.20. The van der Waals surface area contributed by atoms with E-state index in [1.54, 1.807) is 0 Å². The van der Waals surface area contributed by atoms with Gasteiger partial charge in [-0.15, -0.1) is 0 Å². The van der Waals surface area contributed by atoms with Crippen LogP contribution >= 0.6 is 0 Å². The largest absolute Gasteiger partial charge is 0.458 e. The average Bonchev–Trinajstić information content (AvgIpc) is 2.07. The summed E-state index contributed by atoms with van der Waals surface area (Å²) in [6.07, 6.45) is -5.96. The minimum atomic E-state index is -5.96. The van der Waals surface area contributed by atoms with Crippen LogP contribution in [0, 0.1) is 11.6 Å². The lowest BCUT2D eigenvalue weighted by molar-refractivity contribution is -0.290. The monoisotopic (exact) mass is 232 g/mol. The Morgan fingerprint density at radius 1 is 0.867 bits per heavy atom. The third-order valence-electron chi connectivity index (χ3n) is 1.65. The Morgan fingerprint density at radius 2 is 1.40 bits per heavy atom. The van der Waals surface area contributed by atoms with E-state index in [0.29, 0.717) is 12.1 Å². The van der Waals surface area contributed by atoms with Gasteiger partial charge in [0, 0.05) is 0 Å². The maximum absolute atomic E-state index is 12.7. The molecule has 0 saturated heterocycles. The second-order valence-electron chi connectivity index (χ2n) is 2.67. The van der Waals surface area contributed by atoms with Gasteiger partial charge in [0.1, 0.15) is 0 Å². The summed E-state index contributed by atoms with van der Waals surface area (Å²) in [5, 5.41) is 0. The topological polar surface area (TPSA) is 0 Å². The highest BCUT2D eigenvalue weighted by atomic mass is 19.4. The van der Waals surface area contributed by atoms with Crippen LogP contribution in [0.15, 0.2) is 18.2 Å². The van der Waals surface area contributed by atoms with E-state index in [9.17, 15) is 30.7 Å². The molecule has 0 N–H and O–H groups in total. The van der Waals surface area contributed by atoms with Crippen LogP contribution in [0.25, 0.3) is 0 Å². The van der Waals surface area contributed by atoms with Crippen molar-refractivity contribution in [3.8, 4) is 0 Å². The summed E-state index contributed by atoms with van der Waals surface area (Å²) in [4.78, 5) is 0. The molecule has 1 rings (SSSR count). The van der Waals surface area contributed by atoms with Gasteiger partial charge in [-0.3, -0.25) is 0 Å². The predicted molar refractivity (Wildman–Crippen MR) is 36.3 cm³/mol. The highest BCUT2D eigenvalue weighted by Gasteiger charge is 2.60. The maximum Gasteiger partial charge on any atom is 0.458 e. The molecule has 0 atom stereocenters. The summed E-state index contributed by atoms with van der Waals surface area (Å²) >= 11 is 0. The highest BCUT2D eigenvalue weighted by Crippen LogP contribution is 2.44. The van der Waals surface area contributed by atoms with E-state index in [-0.39, 0.29) is 6.07 Å². The minimum absolute atomic E-state index is 0.186. The highest BCUT2D eigenvalue weighted by molar-refractivity contribution is 5.24. The summed E-state index contributed by atoms with van der Waals surface area (Å²) in [6, 6.07) is 1.21. The lowest BCUT2D eigenvalue weighted by atomic mass is 10.1. The number of hydrogen-bond donors (Lipinski definition) is 0. The van der Waals surface area contributed by atoms with Crippen molar-refractivity contribution in [1.29, 1.82) is 0 Å². The van der Waals surface area contributed by atoms with Gasteiger partial charge < -0.3 is 0 Å².